The lowest BCUT2D eigenvalue weighted by Gasteiger charge is -2.40. The van der Waals surface area contributed by atoms with Crippen molar-refractivity contribution in [1.29, 1.82) is 0 Å². The normalized spacial score (nSPS) is 22.5. The molecule has 1 unspecified atom stereocenters. The molecule has 2 fully saturated rings. The highest BCUT2D eigenvalue weighted by molar-refractivity contribution is 5.81. The molecule has 0 radical (unpaired) electrons. The molecule has 2 N–H and O–H groups in total. The number of unbranched alkanes of at least 4 members (excludes halogenated alkanes) is 1. The number of piperidine rings is 2. The van der Waals surface area contributed by atoms with Crippen LogP contribution in [0.1, 0.15) is 58.3 Å². The molecular formula is C16H29N3O2. The molecule has 0 bridgehead atoms. The second-order valence-electron chi connectivity index (χ2n) is 6.35. The summed E-state index contributed by atoms with van der Waals surface area (Å²) in [5, 5.41) is 0. The Kier molecular flexibility index (Phi) is 6.03. The number of hydrogen-bond acceptors (Lipinski definition) is 3. The Balaban J connectivity index is 1.79. The molecule has 0 aromatic rings. The zero-order valence-electron chi connectivity index (χ0n) is 13.2. The molecule has 1 atom stereocenters. The first-order valence-corrected chi connectivity index (χ1v) is 8.47. The van der Waals surface area contributed by atoms with E-state index in [1.807, 2.05) is 9.80 Å². The Morgan fingerprint density at radius 2 is 2.00 bits per heavy atom. The van der Waals surface area contributed by atoms with Crippen molar-refractivity contribution in [2.75, 3.05) is 19.6 Å². The molecule has 2 amide bonds. The predicted molar refractivity (Wildman–Crippen MR) is 82.7 cm³/mol. The molecule has 0 aromatic carbocycles. The zero-order valence-corrected chi connectivity index (χ0v) is 13.2. The molecule has 2 aliphatic heterocycles. The van der Waals surface area contributed by atoms with E-state index in [9.17, 15) is 9.59 Å². The second-order valence-corrected chi connectivity index (χ2v) is 6.35. The van der Waals surface area contributed by atoms with Crippen LogP contribution in [0.5, 0.6) is 0 Å². The first-order chi connectivity index (χ1) is 10.1. The van der Waals surface area contributed by atoms with Gasteiger partial charge in [-0.1, -0.05) is 19.8 Å². The fourth-order valence-electron chi connectivity index (χ4n) is 3.39. The number of likely N-dealkylation sites (tertiary alicyclic amines) is 2. The van der Waals surface area contributed by atoms with Gasteiger partial charge in [-0.05, 0) is 32.1 Å². The van der Waals surface area contributed by atoms with Crippen LogP contribution in [0.3, 0.4) is 0 Å². The minimum Gasteiger partial charge on any atom is -0.341 e. The Hall–Kier alpha value is -1.10. The lowest BCUT2D eigenvalue weighted by molar-refractivity contribution is -0.139. The summed E-state index contributed by atoms with van der Waals surface area (Å²) in [6, 6.07) is -0.0214. The highest BCUT2D eigenvalue weighted by Gasteiger charge is 2.31. The van der Waals surface area contributed by atoms with E-state index in [2.05, 4.69) is 6.92 Å². The number of amides is 2. The van der Waals surface area contributed by atoms with E-state index >= 15 is 0 Å². The van der Waals surface area contributed by atoms with E-state index in [1.54, 1.807) is 0 Å². The smallest absolute Gasteiger partial charge is 0.239 e. The number of hydrogen-bond donors (Lipinski definition) is 1. The van der Waals surface area contributed by atoms with Gasteiger partial charge in [0.25, 0.3) is 0 Å². The van der Waals surface area contributed by atoms with Crippen LogP contribution in [0.25, 0.3) is 0 Å². The molecule has 0 saturated carbocycles. The summed E-state index contributed by atoms with van der Waals surface area (Å²) in [7, 11) is 0. The van der Waals surface area contributed by atoms with Crippen molar-refractivity contribution in [3.05, 3.63) is 0 Å². The average Bonchev–Trinajstić information content (AvgIpc) is 2.52. The monoisotopic (exact) mass is 295 g/mol. The summed E-state index contributed by atoms with van der Waals surface area (Å²) in [4.78, 5) is 28.2. The summed E-state index contributed by atoms with van der Waals surface area (Å²) in [5.74, 6) is 0.387. The van der Waals surface area contributed by atoms with Crippen LogP contribution in [-0.4, -0.2) is 53.3 Å². The Morgan fingerprint density at radius 3 is 2.62 bits per heavy atom. The minimum absolute atomic E-state index is 0.0897. The summed E-state index contributed by atoms with van der Waals surface area (Å²) in [5.41, 5.74) is 5.98. The van der Waals surface area contributed by atoms with Crippen molar-refractivity contribution in [2.45, 2.75) is 70.4 Å². The van der Waals surface area contributed by atoms with Gasteiger partial charge in [-0.25, -0.2) is 0 Å². The van der Waals surface area contributed by atoms with Gasteiger partial charge in [-0.15, -0.1) is 0 Å². The molecule has 21 heavy (non-hydrogen) atoms. The number of nitrogens with zero attached hydrogens (tertiary/aromatic N) is 2. The van der Waals surface area contributed by atoms with E-state index in [0.717, 1.165) is 64.6 Å². The average molecular weight is 295 g/mol. The first kappa shape index (κ1) is 16.3. The zero-order chi connectivity index (χ0) is 15.2. The largest absolute Gasteiger partial charge is 0.341 e. The van der Waals surface area contributed by atoms with Gasteiger partial charge in [0.05, 0.1) is 6.04 Å². The molecule has 0 aliphatic carbocycles. The summed E-state index contributed by atoms with van der Waals surface area (Å²) in [6.07, 6.45) is 7.49. The third-order valence-electron chi connectivity index (χ3n) is 4.76. The van der Waals surface area contributed by atoms with Gasteiger partial charge in [0.1, 0.15) is 0 Å². The number of carbonyl (C=O) groups excluding carboxylic acids is 2. The number of rotatable bonds is 5. The molecule has 120 valence electrons. The van der Waals surface area contributed by atoms with Crippen molar-refractivity contribution in [3.63, 3.8) is 0 Å². The van der Waals surface area contributed by atoms with Gasteiger partial charge >= 0.3 is 0 Å². The van der Waals surface area contributed by atoms with Crippen molar-refractivity contribution >= 4 is 11.8 Å². The standard InChI is InChI=1S/C16H29N3O2/c1-2-3-6-14(17)16(21)18-11-8-13(9-12-18)19-10-5-4-7-15(19)20/h13-14H,2-12,17H2,1H3. The molecule has 2 aliphatic rings. The van der Waals surface area contributed by atoms with Gasteiger partial charge < -0.3 is 15.5 Å². The second kappa shape index (κ2) is 7.78. The molecule has 2 rings (SSSR count). The molecule has 5 heteroatoms. The SMILES string of the molecule is CCCCC(N)C(=O)N1CCC(N2CCCCC2=O)CC1. The van der Waals surface area contributed by atoms with Crippen LogP contribution < -0.4 is 5.73 Å². The molecule has 0 aromatic heterocycles. The van der Waals surface area contributed by atoms with E-state index in [0.29, 0.717) is 18.4 Å². The van der Waals surface area contributed by atoms with Crippen LogP contribution in [0, 0.1) is 0 Å². The fourth-order valence-corrected chi connectivity index (χ4v) is 3.39. The maximum Gasteiger partial charge on any atom is 0.239 e. The van der Waals surface area contributed by atoms with Crippen LogP contribution in [0.4, 0.5) is 0 Å². The Bertz CT molecular complexity index is 365. The van der Waals surface area contributed by atoms with E-state index < -0.39 is 0 Å². The lowest BCUT2D eigenvalue weighted by atomic mass is 9.98. The lowest BCUT2D eigenvalue weighted by Crippen LogP contribution is -2.52. The molecule has 0 spiro atoms. The maximum absolute atomic E-state index is 12.3. The van der Waals surface area contributed by atoms with Gasteiger partial charge in [-0.3, -0.25) is 9.59 Å². The number of nitrogens with two attached hydrogens (primary N) is 1. The summed E-state index contributed by atoms with van der Waals surface area (Å²) < 4.78 is 0. The van der Waals surface area contributed by atoms with Crippen LogP contribution >= 0.6 is 0 Å². The number of carbonyl (C=O) groups is 2. The Morgan fingerprint density at radius 1 is 1.29 bits per heavy atom. The van der Waals surface area contributed by atoms with Crippen LogP contribution in [-0.2, 0) is 9.59 Å². The topological polar surface area (TPSA) is 66.6 Å². The first-order valence-electron chi connectivity index (χ1n) is 8.47. The predicted octanol–water partition coefficient (Wildman–Crippen LogP) is 1.51. The molecule has 2 saturated heterocycles. The van der Waals surface area contributed by atoms with E-state index in [1.165, 1.54) is 0 Å². The minimum atomic E-state index is -0.349. The summed E-state index contributed by atoms with van der Waals surface area (Å²) >= 11 is 0. The molecule has 2 heterocycles. The van der Waals surface area contributed by atoms with Gasteiger partial charge in [0.15, 0.2) is 0 Å². The highest BCUT2D eigenvalue weighted by Crippen LogP contribution is 2.22. The van der Waals surface area contributed by atoms with E-state index in [4.69, 9.17) is 5.73 Å². The fraction of sp³-hybridized carbons (Fsp3) is 0.875. The highest BCUT2D eigenvalue weighted by atomic mass is 16.2. The van der Waals surface area contributed by atoms with Crippen LogP contribution in [0.2, 0.25) is 0 Å². The van der Waals surface area contributed by atoms with Crippen LogP contribution in [0.15, 0.2) is 0 Å². The molecular weight excluding hydrogens is 266 g/mol. The van der Waals surface area contributed by atoms with Gasteiger partial charge in [0.2, 0.25) is 11.8 Å². The third kappa shape index (κ3) is 4.19. The third-order valence-corrected chi connectivity index (χ3v) is 4.76. The quantitative estimate of drug-likeness (QED) is 0.836. The summed E-state index contributed by atoms with van der Waals surface area (Å²) in [6.45, 7) is 4.49. The maximum atomic E-state index is 12.3. The van der Waals surface area contributed by atoms with Crippen molar-refractivity contribution < 1.29 is 9.59 Å². The molecule has 5 nitrogen and oxygen atoms in total. The van der Waals surface area contributed by atoms with Gasteiger partial charge in [0, 0.05) is 32.1 Å². The van der Waals surface area contributed by atoms with Crippen molar-refractivity contribution in [3.8, 4) is 0 Å². The van der Waals surface area contributed by atoms with E-state index in [-0.39, 0.29) is 11.9 Å². The van der Waals surface area contributed by atoms with Crippen molar-refractivity contribution in [2.24, 2.45) is 5.73 Å². The van der Waals surface area contributed by atoms with Crippen molar-refractivity contribution in [1.82, 2.24) is 9.80 Å². The van der Waals surface area contributed by atoms with Gasteiger partial charge in [-0.2, -0.15) is 0 Å². The Labute approximate surface area is 127 Å².